The topological polar surface area (TPSA) is 90.0 Å². The van der Waals surface area contributed by atoms with Crippen LogP contribution in [0.5, 0.6) is 0 Å². The van der Waals surface area contributed by atoms with E-state index >= 15 is 0 Å². The fraction of sp³-hybridized carbons (Fsp3) is 0.308. The Morgan fingerprint density at radius 2 is 2.24 bits per heavy atom. The van der Waals surface area contributed by atoms with Gasteiger partial charge in [0.25, 0.3) is 5.91 Å². The number of carbonyl (C=O) groups excluding carboxylic acids is 1. The SMILES string of the molecule is Cc1cnn([C@H](C)CNC(=O)c2ccc3nnnn3c2)c1. The van der Waals surface area contributed by atoms with Crippen molar-refractivity contribution in [2.24, 2.45) is 0 Å². The van der Waals surface area contributed by atoms with Crippen molar-refractivity contribution in [1.82, 2.24) is 35.1 Å². The van der Waals surface area contributed by atoms with E-state index in [4.69, 9.17) is 0 Å². The van der Waals surface area contributed by atoms with Crippen LogP contribution in [0.2, 0.25) is 0 Å². The average molecular weight is 285 g/mol. The molecule has 0 bridgehead atoms. The van der Waals surface area contributed by atoms with E-state index in [9.17, 15) is 4.79 Å². The van der Waals surface area contributed by atoms with Crippen LogP contribution in [0.25, 0.3) is 5.65 Å². The van der Waals surface area contributed by atoms with Gasteiger partial charge in [-0.15, -0.1) is 5.10 Å². The Labute approximate surface area is 120 Å². The Balaban J connectivity index is 1.65. The second kappa shape index (κ2) is 5.31. The zero-order chi connectivity index (χ0) is 14.8. The lowest BCUT2D eigenvalue weighted by atomic mass is 10.2. The number of nitrogens with one attached hydrogen (secondary N) is 1. The molecule has 3 aromatic heterocycles. The fourth-order valence-electron chi connectivity index (χ4n) is 1.99. The number of fused-ring (bicyclic) bond motifs is 1. The van der Waals surface area contributed by atoms with Crippen LogP contribution < -0.4 is 5.32 Å². The summed E-state index contributed by atoms with van der Waals surface area (Å²) in [6, 6.07) is 3.48. The Morgan fingerprint density at radius 1 is 1.38 bits per heavy atom. The number of hydrogen-bond acceptors (Lipinski definition) is 5. The van der Waals surface area contributed by atoms with Crippen molar-refractivity contribution in [2.75, 3.05) is 6.54 Å². The fourth-order valence-corrected chi connectivity index (χ4v) is 1.99. The first-order valence-corrected chi connectivity index (χ1v) is 6.60. The highest BCUT2D eigenvalue weighted by Crippen LogP contribution is 2.06. The first kappa shape index (κ1) is 13.2. The molecular weight excluding hydrogens is 270 g/mol. The van der Waals surface area contributed by atoms with Gasteiger partial charge in [-0.1, -0.05) is 0 Å². The Morgan fingerprint density at radius 3 is 3.00 bits per heavy atom. The number of amides is 1. The molecule has 0 saturated carbocycles. The van der Waals surface area contributed by atoms with Gasteiger partial charge in [-0.2, -0.15) is 9.61 Å². The largest absolute Gasteiger partial charge is 0.350 e. The monoisotopic (exact) mass is 285 g/mol. The van der Waals surface area contributed by atoms with E-state index in [0.29, 0.717) is 17.8 Å². The van der Waals surface area contributed by atoms with Gasteiger partial charge in [0.15, 0.2) is 5.65 Å². The number of nitrogens with zero attached hydrogens (tertiary/aromatic N) is 6. The maximum Gasteiger partial charge on any atom is 0.252 e. The van der Waals surface area contributed by atoms with Gasteiger partial charge in [0.2, 0.25) is 0 Å². The maximum absolute atomic E-state index is 12.1. The first-order valence-electron chi connectivity index (χ1n) is 6.60. The van der Waals surface area contributed by atoms with Crippen LogP contribution in [-0.2, 0) is 0 Å². The second-order valence-electron chi connectivity index (χ2n) is 4.96. The summed E-state index contributed by atoms with van der Waals surface area (Å²) in [6.07, 6.45) is 5.35. The number of rotatable bonds is 4. The van der Waals surface area contributed by atoms with Crippen LogP contribution in [0.3, 0.4) is 0 Å². The lowest BCUT2D eigenvalue weighted by molar-refractivity contribution is 0.0947. The summed E-state index contributed by atoms with van der Waals surface area (Å²) in [5.41, 5.74) is 2.21. The highest BCUT2D eigenvalue weighted by Gasteiger charge is 2.11. The minimum absolute atomic E-state index is 0.0828. The first-order chi connectivity index (χ1) is 10.1. The van der Waals surface area contributed by atoms with E-state index in [1.54, 1.807) is 24.5 Å². The molecule has 0 saturated heterocycles. The van der Waals surface area contributed by atoms with E-state index in [0.717, 1.165) is 5.56 Å². The molecule has 0 fully saturated rings. The molecule has 21 heavy (non-hydrogen) atoms. The molecule has 0 aliphatic rings. The van der Waals surface area contributed by atoms with Gasteiger partial charge < -0.3 is 5.32 Å². The molecule has 3 rings (SSSR count). The highest BCUT2D eigenvalue weighted by molar-refractivity contribution is 5.94. The number of aromatic nitrogens is 6. The van der Waals surface area contributed by atoms with E-state index in [2.05, 4.69) is 25.9 Å². The standard InChI is InChI=1S/C13H15N7O/c1-9-5-15-19(7-9)10(2)6-14-13(21)11-3-4-12-16-17-18-20(12)8-11/h3-5,7-8,10H,6H2,1-2H3,(H,14,21)/t10-/m1/s1. The molecule has 0 aliphatic carbocycles. The lowest BCUT2D eigenvalue weighted by Gasteiger charge is -2.13. The Hall–Kier alpha value is -2.77. The summed E-state index contributed by atoms with van der Waals surface area (Å²) >= 11 is 0. The Kier molecular flexibility index (Phi) is 3.35. The van der Waals surface area contributed by atoms with E-state index < -0.39 is 0 Å². The number of pyridine rings is 1. The third kappa shape index (κ3) is 2.73. The van der Waals surface area contributed by atoms with Gasteiger partial charge in [0.05, 0.1) is 17.8 Å². The summed E-state index contributed by atoms with van der Waals surface area (Å²) in [5.74, 6) is -0.164. The minimum Gasteiger partial charge on any atom is -0.350 e. The summed E-state index contributed by atoms with van der Waals surface area (Å²) in [4.78, 5) is 12.1. The smallest absolute Gasteiger partial charge is 0.252 e. The number of tetrazole rings is 1. The molecule has 0 spiro atoms. The normalized spacial score (nSPS) is 12.5. The molecule has 8 heteroatoms. The molecule has 0 unspecified atom stereocenters. The van der Waals surface area contributed by atoms with Crippen LogP contribution in [0, 0.1) is 6.92 Å². The molecule has 8 nitrogen and oxygen atoms in total. The van der Waals surface area contributed by atoms with Gasteiger partial charge in [-0.3, -0.25) is 9.48 Å². The van der Waals surface area contributed by atoms with Gasteiger partial charge in [0.1, 0.15) is 0 Å². The predicted octanol–water partition coefficient (Wildman–Crippen LogP) is 0.620. The quantitative estimate of drug-likeness (QED) is 0.759. The molecular formula is C13H15N7O. The van der Waals surface area contributed by atoms with Crippen molar-refractivity contribution in [3.05, 3.63) is 41.9 Å². The molecule has 108 valence electrons. The zero-order valence-corrected chi connectivity index (χ0v) is 11.8. The van der Waals surface area contributed by atoms with Gasteiger partial charge in [0, 0.05) is 18.9 Å². The molecule has 0 aliphatic heterocycles. The van der Waals surface area contributed by atoms with E-state index in [1.807, 2.05) is 24.7 Å². The number of hydrogen-bond donors (Lipinski definition) is 1. The third-order valence-electron chi connectivity index (χ3n) is 3.19. The predicted molar refractivity (Wildman–Crippen MR) is 74.8 cm³/mol. The third-order valence-corrected chi connectivity index (χ3v) is 3.19. The molecule has 1 atom stereocenters. The minimum atomic E-state index is -0.164. The van der Waals surface area contributed by atoms with Gasteiger partial charge >= 0.3 is 0 Å². The second-order valence-corrected chi connectivity index (χ2v) is 4.96. The van der Waals surface area contributed by atoms with Crippen LogP contribution in [0.15, 0.2) is 30.7 Å². The van der Waals surface area contributed by atoms with Crippen molar-refractivity contribution in [3.63, 3.8) is 0 Å². The van der Waals surface area contributed by atoms with Crippen LogP contribution in [0.1, 0.15) is 28.9 Å². The molecule has 3 heterocycles. The maximum atomic E-state index is 12.1. The van der Waals surface area contributed by atoms with Crippen molar-refractivity contribution < 1.29 is 4.79 Å². The average Bonchev–Trinajstić information content (AvgIpc) is 3.12. The van der Waals surface area contributed by atoms with Crippen molar-refractivity contribution in [1.29, 1.82) is 0 Å². The Bertz CT molecular complexity index is 776. The van der Waals surface area contributed by atoms with Crippen LogP contribution in [-0.4, -0.2) is 42.3 Å². The molecule has 1 amide bonds. The molecule has 3 aromatic rings. The van der Waals surface area contributed by atoms with Crippen LogP contribution >= 0.6 is 0 Å². The number of carbonyl (C=O) groups is 1. The van der Waals surface area contributed by atoms with Crippen molar-refractivity contribution >= 4 is 11.6 Å². The molecule has 0 radical (unpaired) electrons. The van der Waals surface area contributed by atoms with Crippen LogP contribution in [0.4, 0.5) is 0 Å². The van der Waals surface area contributed by atoms with Gasteiger partial charge in [-0.05, 0) is 42.0 Å². The number of aryl methyl sites for hydroxylation is 1. The van der Waals surface area contributed by atoms with E-state index in [1.165, 1.54) is 4.52 Å². The lowest BCUT2D eigenvalue weighted by Crippen LogP contribution is -2.30. The zero-order valence-electron chi connectivity index (χ0n) is 11.8. The highest BCUT2D eigenvalue weighted by atomic mass is 16.1. The molecule has 1 N–H and O–H groups in total. The van der Waals surface area contributed by atoms with Gasteiger partial charge in [-0.25, -0.2) is 0 Å². The molecule has 0 aromatic carbocycles. The van der Waals surface area contributed by atoms with Crippen molar-refractivity contribution in [2.45, 2.75) is 19.9 Å². The summed E-state index contributed by atoms with van der Waals surface area (Å²) < 4.78 is 3.30. The summed E-state index contributed by atoms with van der Waals surface area (Å²) in [6.45, 7) is 4.47. The van der Waals surface area contributed by atoms with E-state index in [-0.39, 0.29) is 11.9 Å². The summed E-state index contributed by atoms with van der Waals surface area (Å²) in [5, 5.41) is 18.2. The van der Waals surface area contributed by atoms with Crippen molar-refractivity contribution in [3.8, 4) is 0 Å². The summed E-state index contributed by atoms with van der Waals surface area (Å²) in [7, 11) is 0.